The SMILES string of the molecule is CNc1nc(NCCc2ccccc2)cc(C(F)(F)F)n1. The fraction of sp³-hybridized carbons (Fsp3) is 0.286. The summed E-state index contributed by atoms with van der Waals surface area (Å²) in [6.07, 6.45) is -3.80. The van der Waals surface area contributed by atoms with Crippen LogP contribution in [0.5, 0.6) is 0 Å². The quantitative estimate of drug-likeness (QED) is 0.889. The fourth-order valence-electron chi connectivity index (χ4n) is 1.77. The van der Waals surface area contributed by atoms with E-state index < -0.39 is 11.9 Å². The number of aromatic nitrogens is 2. The number of nitrogens with one attached hydrogen (secondary N) is 2. The third-order valence-corrected chi connectivity index (χ3v) is 2.80. The average molecular weight is 296 g/mol. The van der Waals surface area contributed by atoms with Crippen molar-refractivity contribution >= 4 is 11.8 Å². The Morgan fingerprint density at radius 3 is 2.43 bits per heavy atom. The first kappa shape index (κ1) is 15.1. The van der Waals surface area contributed by atoms with Gasteiger partial charge in [0, 0.05) is 19.7 Å². The molecular weight excluding hydrogens is 281 g/mol. The zero-order chi connectivity index (χ0) is 15.3. The van der Waals surface area contributed by atoms with E-state index in [0.29, 0.717) is 13.0 Å². The highest BCUT2D eigenvalue weighted by Gasteiger charge is 2.33. The maximum Gasteiger partial charge on any atom is 0.433 e. The first-order chi connectivity index (χ1) is 9.99. The molecule has 0 atom stereocenters. The van der Waals surface area contributed by atoms with Gasteiger partial charge in [-0.3, -0.25) is 0 Å². The molecule has 1 heterocycles. The zero-order valence-corrected chi connectivity index (χ0v) is 11.4. The largest absolute Gasteiger partial charge is 0.433 e. The molecular formula is C14H15F3N4. The molecule has 1 aromatic carbocycles. The number of benzene rings is 1. The molecule has 0 bridgehead atoms. The van der Waals surface area contributed by atoms with Gasteiger partial charge in [-0.05, 0) is 12.0 Å². The van der Waals surface area contributed by atoms with Crippen molar-refractivity contribution in [3.63, 3.8) is 0 Å². The molecule has 1 aromatic heterocycles. The Labute approximate surface area is 120 Å². The van der Waals surface area contributed by atoms with E-state index >= 15 is 0 Å². The van der Waals surface area contributed by atoms with Gasteiger partial charge in [0.05, 0.1) is 0 Å². The lowest BCUT2D eigenvalue weighted by Crippen LogP contribution is -2.14. The van der Waals surface area contributed by atoms with Crippen molar-refractivity contribution in [2.45, 2.75) is 12.6 Å². The Morgan fingerprint density at radius 1 is 1.10 bits per heavy atom. The Balaban J connectivity index is 2.05. The predicted molar refractivity (Wildman–Crippen MR) is 75.2 cm³/mol. The summed E-state index contributed by atoms with van der Waals surface area (Å²) < 4.78 is 38.2. The van der Waals surface area contributed by atoms with Crippen LogP contribution in [0, 0.1) is 0 Å². The minimum Gasteiger partial charge on any atom is -0.370 e. The van der Waals surface area contributed by atoms with Crippen molar-refractivity contribution in [3.8, 4) is 0 Å². The molecule has 0 saturated heterocycles. The summed E-state index contributed by atoms with van der Waals surface area (Å²) in [5.41, 5.74) is 0.132. The highest BCUT2D eigenvalue weighted by Crippen LogP contribution is 2.29. The van der Waals surface area contributed by atoms with E-state index in [1.165, 1.54) is 7.05 Å². The molecule has 0 aliphatic heterocycles. The number of hydrogen-bond acceptors (Lipinski definition) is 4. The molecule has 0 radical (unpaired) electrons. The number of rotatable bonds is 5. The van der Waals surface area contributed by atoms with Crippen LogP contribution in [0.4, 0.5) is 24.9 Å². The number of anilines is 2. The van der Waals surface area contributed by atoms with Gasteiger partial charge in [-0.2, -0.15) is 18.2 Å². The van der Waals surface area contributed by atoms with Gasteiger partial charge in [-0.25, -0.2) is 4.98 Å². The highest BCUT2D eigenvalue weighted by molar-refractivity contribution is 5.43. The summed E-state index contributed by atoms with van der Waals surface area (Å²) in [7, 11) is 1.48. The highest BCUT2D eigenvalue weighted by atomic mass is 19.4. The van der Waals surface area contributed by atoms with Gasteiger partial charge in [-0.1, -0.05) is 30.3 Å². The maximum atomic E-state index is 12.7. The van der Waals surface area contributed by atoms with E-state index in [0.717, 1.165) is 11.6 Å². The van der Waals surface area contributed by atoms with Crippen molar-refractivity contribution in [2.24, 2.45) is 0 Å². The van der Waals surface area contributed by atoms with Gasteiger partial charge in [0.15, 0.2) is 5.69 Å². The fourth-order valence-corrected chi connectivity index (χ4v) is 1.77. The summed E-state index contributed by atoms with van der Waals surface area (Å²) in [4.78, 5) is 7.37. The molecule has 2 aromatic rings. The van der Waals surface area contributed by atoms with Crippen LogP contribution in [-0.4, -0.2) is 23.6 Å². The van der Waals surface area contributed by atoms with E-state index in [2.05, 4.69) is 20.6 Å². The van der Waals surface area contributed by atoms with Crippen LogP contribution >= 0.6 is 0 Å². The predicted octanol–water partition coefficient (Wildman–Crippen LogP) is 3.19. The molecule has 0 saturated carbocycles. The summed E-state index contributed by atoms with van der Waals surface area (Å²) >= 11 is 0. The van der Waals surface area contributed by atoms with Gasteiger partial charge in [0.25, 0.3) is 0 Å². The van der Waals surface area contributed by atoms with Crippen molar-refractivity contribution in [3.05, 3.63) is 47.7 Å². The van der Waals surface area contributed by atoms with Crippen molar-refractivity contribution in [1.29, 1.82) is 0 Å². The topological polar surface area (TPSA) is 49.8 Å². The minimum atomic E-state index is -4.50. The lowest BCUT2D eigenvalue weighted by molar-refractivity contribution is -0.141. The lowest BCUT2D eigenvalue weighted by Gasteiger charge is -2.11. The smallest absolute Gasteiger partial charge is 0.370 e. The second-order valence-electron chi connectivity index (χ2n) is 4.37. The van der Waals surface area contributed by atoms with Crippen LogP contribution < -0.4 is 10.6 Å². The first-order valence-corrected chi connectivity index (χ1v) is 6.41. The van der Waals surface area contributed by atoms with E-state index in [-0.39, 0.29) is 11.8 Å². The van der Waals surface area contributed by atoms with Crippen molar-refractivity contribution < 1.29 is 13.2 Å². The van der Waals surface area contributed by atoms with Crippen LogP contribution in [0.15, 0.2) is 36.4 Å². The monoisotopic (exact) mass is 296 g/mol. The van der Waals surface area contributed by atoms with Crippen LogP contribution in [0.3, 0.4) is 0 Å². The summed E-state index contributed by atoms with van der Waals surface area (Å²) in [5.74, 6) is 0.0876. The summed E-state index contributed by atoms with van der Waals surface area (Å²) in [5, 5.41) is 5.41. The van der Waals surface area contributed by atoms with Crippen LogP contribution in [0.25, 0.3) is 0 Å². The van der Waals surface area contributed by atoms with Crippen LogP contribution in [0.1, 0.15) is 11.3 Å². The van der Waals surface area contributed by atoms with E-state index in [9.17, 15) is 13.2 Å². The van der Waals surface area contributed by atoms with Crippen LogP contribution in [-0.2, 0) is 12.6 Å². The Morgan fingerprint density at radius 2 is 1.81 bits per heavy atom. The van der Waals surface area contributed by atoms with Gasteiger partial charge in [0.1, 0.15) is 5.82 Å². The van der Waals surface area contributed by atoms with Gasteiger partial charge in [-0.15, -0.1) is 0 Å². The Kier molecular flexibility index (Phi) is 4.62. The lowest BCUT2D eigenvalue weighted by atomic mass is 10.1. The second-order valence-corrected chi connectivity index (χ2v) is 4.37. The van der Waals surface area contributed by atoms with Crippen molar-refractivity contribution in [1.82, 2.24) is 9.97 Å². The minimum absolute atomic E-state index is 0.0629. The molecule has 7 heteroatoms. The molecule has 2 N–H and O–H groups in total. The molecule has 112 valence electrons. The third-order valence-electron chi connectivity index (χ3n) is 2.80. The number of nitrogens with zero attached hydrogens (tertiary/aromatic N) is 2. The Hall–Kier alpha value is -2.31. The second kappa shape index (κ2) is 6.43. The van der Waals surface area contributed by atoms with Crippen molar-refractivity contribution in [2.75, 3.05) is 24.2 Å². The van der Waals surface area contributed by atoms with E-state index in [4.69, 9.17) is 0 Å². The number of halogens is 3. The number of alkyl halides is 3. The maximum absolute atomic E-state index is 12.7. The molecule has 2 rings (SSSR count). The zero-order valence-electron chi connectivity index (χ0n) is 11.4. The first-order valence-electron chi connectivity index (χ1n) is 6.41. The molecule has 4 nitrogen and oxygen atoms in total. The summed E-state index contributed by atoms with van der Waals surface area (Å²) in [6.45, 7) is 0.488. The number of hydrogen-bond donors (Lipinski definition) is 2. The third kappa shape index (κ3) is 4.34. The molecule has 0 aliphatic carbocycles. The van der Waals surface area contributed by atoms with E-state index in [1.54, 1.807) is 0 Å². The van der Waals surface area contributed by atoms with Gasteiger partial charge < -0.3 is 10.6 Å². The van der Waals surface area contributed by atoms with Gasteiger partial charge in [0.2, 0.25) is 5.95 Å². The molecule has 0 unspecified atom stereocenters. The van der Waals surface area contributed by atoms with E-state index in [1.807, 2.05) is 30.3 Å². The summed E-state index contributed by atoms with van der Waals surface area (Å²) in [6, 6.07) is 10.6. The Bertz CT molecular complexity index is 585. The average Bonchev–Trinajstić information content (AvgIpc) is 2.47. The molecule has 0 fully saturated rings. The molecule has 0 aliphatic rings. The molecule has 0 amide bonds. The normalized spacial score (nSPS) is 11.2. The molecule has 21 heavy (non-hydrogen) atoms. The van der Waals surface area contributed by atoms with Crippen LogP contribution in [0.2, 0.25) is 0 Å². The van der Waals surface area contributed by atoms with Gasteiger partial charge >= 0.3 is 6.18 Å². The molecule has 0 spiro atoms. The standard InChI is InChI=1S/C14H15F3N4/c1-18-13-20-11(14(15,16)17)9-12(21-13)19-8-7-10-5-3-2-4-6-10/h2-6,9H,7-8H2,1H3,(H2,18,19,20,21).